The Morgan fingerprint density at radius 2 is 2.14 bits per heavy atom. The number of ether oxygens (including phenoxy) is 1. The van der Waals surface area contributed by atoms with Crippen LogP contribution >= 0.6 is 0 Å². The number of rotatable bonds is 1. The predicted molar refractivity (Wildman–Crippen MR) is 53.7 cm³/mol. The summed E-state index contributed by atoms with van der Waals surface area (Å²) in [5, 5.41) is 7.79. The molecule has 1 N–H and O–H groups in total. The third-order valence-corrected chi connectivity index (χ3v) is 2.19. The van der Waals surface area contributed by atoms with Crippen LogP contribution in [0.25, 0.3) is 10.8 Å². The average molecular weight is 190 g/mol. The van der Waals surface area contributed by atoms with E-state index in [-0.39, 0.29) is 5.56 Å². The Kier molecular flexibility index (Phi) is 1.96. The Balaban J connectivity index is 2.87. The van der Waals surface area contributed by atoms with Crippen LogP contribution < -0.4 is 10.3 Å². The summed E-state index contributed by atoms with van der Waals surface area (Å²) >= 11 is 0. The summed E-state index contributed by atoms with van der Waals surface area (Å²) in [4.78, 5) is 11.4. The molecule has 72 valence electrons. The molecule has 0 bridgehead atoms. The molecule has 0 amide bonds. The normalized spacial score (nSPS) is 10.4. The van der Waals surface area contributed by atoms with E-state index >= 15 is 0 Å². The minimum Gasteiger partial charge on any atom is -0.497 e. The number of methoxy groups -OCH3 is 1. The van der Waals surface area contributed by atoms with Crippen molar-refractivity contribution >= 4 is 10.8 Å². The van der Waals surface area contributed by atoms with E-state index in [1.807, 2.05) is 13.0 Å². The van der Waals surface area contributed by atoms with Gasteiger partial charge in [0.05, 0.1) is 18.2 Å². The van der Waals surface area contributed by atoms with Crippen molar-refractivity contribution in [2.75, 3.05) is 7.11 Å². The fraction of sp³-hybridized carbons (Fsp3) is 0.200. The summed E-state index contributed by atoms with van der Waals surface area (Å²) < 4.78 is 5.08. The van der Waals surface area contributed by atoms with E-state index in [0.717, 1.165) is 16.8 Å². The van der Waals surface area contributed by atoms with Crippen molar-refractivity contribution in [3.63, 3.8) is 0 Å². The third-order valence-electron chi connectivity index (χ3n) is 2.19. The molecule has 1 heterocycles. The summed E-state index contributed by atoms with van der Waals surface area (Å²) in [5.74, 6) is 0.730. The number of aromatic nitrogens is 2. The number of benzene rings is 1. The molecular formula is C10H10N2O2. The fourth-order valence-corrected chi connectivity index (χ4v) is 1.40. The second-order valence-electron chi connectivity index (χ2n) is 3.05. The topological polar surface area (TPSA) is 55.0 Å². The molecule has 1 aromatic heterocycles. The zero-order chi connectivity index (χ0) is 10.1. The minimum atomic E-state index is -0.173. The summed E-state index contributed by atoms with van der Waals surface area (Å²) in [5.41, 5.74) is 0.617. The standard InChI is InChI=1S/C10H10N2O2/c1-6-9-5-7(14-2)3-4-8(9)10(13)12-11-6/h3-5H,1-2H3,(H,12,13). The highest BCUT2D eigenvalue weighted by Crippen LogP contribution is 2.19. The molecule has 0 spiro atoms. The molecule has 0 saturated heterocycles. The van der Waals surface area contributed by atoms with Crippen LogP contribution in [0.2, 0.25) is 0 Å². The summed E-state index contributed by atoms with van der Waals surface area (Å²) in [6.07, 6.45) is 0. The van der Waals surface area contributed by atoms with Gasteiger partial charge < -0.3 is 4.74 Å². The van der Waals surface area contributed by atoms with Crippen molar-refractivity contribution in [2.24, 2.45) is 0 Å². The number of aryl methyl sites for hydroxylation is 1. The van der Waals surface area contributed by atoms with Gasteiger partial charge in [0.1, 0.15) is 5.75 Å². The van der Waals surface area contributed by atoms with Gasteiger partial charge in [-0.05, 0) is 25.1 Å². The molecule has 4 nitrogen and oxygen atoms in total. The Morgan fingerprint density at radius 1 is 1.36 bits per heavy atom. The molecule has 2 rings (SSSR count). The van der Waals surface area contributed by atoms with Crippen molar-refractivity contribution in [3.8, 4) is 5.75 Å². The van der Waals surface area contributed by atoms with Crippen LogP contribution in [0.5, 0.6) is 5.75 Å². The molecule has 14 heavy (non-hydrogen) atoms. The summed E-state index contributed by atoms with van der Waals surface area (Å²) in [6.45, 7) is 1.84. The molecule has 0 aliphatic carbocycles. The van der Waals surface area contributed by atoms with Gasteiger partial charge >= 0.3 is 0 Å². The second kappa shape index (κ2) is 3.14. The van der Waals surface area contributed by atoms with Crippen molar-refractivity contribution < 1.29 is 4.74 Å². The van der Waals surface area contributed by atoms with Gasteiger partial charge in [0.15, 0.2) is 0 Å². The van der Waals surface area contributed by atoms with Gasteiger partial charge in [0.25, 0.3) is 5.56 Å². The van der Waals surface area contributed by atoms with Crippen LogP contribution in [0.1, 0.15) is 5.69 Å². The van der Waals surface area contributed by atoms with Crippen molar-refractivity contribution in [1.82, 2.24) is 10.2 Å². The van der Waals surface area contributed by atoms with E-state index in [4.69, 9.17) is 4.74 Å². The number of nitrogens with zero attached hydrogens (tertiary/aromatic N) is 1. The Morgan fingerprint density at radius 3 is 2.86 bits per heavy atom. The SMILES string of the molecule is COc1ccc2c(=O)[nH]nc(C)c2c1. The number of H-pyrrole nitrogens is 1. The monoisotopic (exact) mass is 190 g/mol. The Bertz CT molecular complexity index is 531. The maximum absolute atomic E-state index is 11.4. The molecule has 0 aliphatic rings. The first-order valence-electron chi connectivity index (χ1n) is 4.25. The zero-order valence-corrected chi connectivity index (χ0v) is 8.00. The minimum absolute atomic E-state index is 0.173. The van der Waals surface area contributed by atoms with E-state index in [9.17, 15) is 4.79 Å². The Labute approximate surface area is 80.5 Å². The van der Waals surface area contributed by atoms with Crippen LogP contribution in [0, 0.1) is 6.92 Å². The molecule has 4 heteroatoms. The summed E-state index contributed by atoms with van der Waals surface area (Å²) in [7, 11) is 1.59. The van der Waals surface area contributed by atoms with Gasteiger partial charge in [-0.25, -0.2) is 5.10 Å². The van der Waals surface area contributed by atoms with Gasteiger partial charge in [-0.2, -0.15) is 5.10 Å². The van der Waals surface area contributed by atoms with Crippen LogP contribution in [0.15, 0.2) is 23.0 Å². The highest BCUT2D eigenvalue weighted by atomic mass is 16.5. The lowest BCUT2D eigenvalue weighted by atomic mass is 10.1. The van der Waals surface area contributed by atoms with Crippen LogP contribution in [-0.2, 0) is 0 Å². The summed E-state index contributed by atoms with van der Waals surface area (Å²) in [6, 6.07) is 5.31. The average Bonchev–Trinajstić information content (AvgIpc) is 2.23. The smallest absolute Gasteiger partial charge is 0.272 e. The quantitative estimate of drug-likeness (QED) is 0.736. The van der Waals surface area contributed by atoms with E-state index in [0.29, 0.717) is 5.39 Å². The van der Waals surface area contributed by atoms with Crippen molar-refractivity contribution in [1.29, 1.82) is 0 Å². The first-order valence-corrected chi connectivity index (χ1v) is 4.25. The van der Waals surface area contributed by atoms with Crippen LogP contribution in [0.4, 0.5) is 0 Å². The van der Waals surface area contributed by atoms with Gasteiger partial charge in [-0.3, -0.25) is 4.79 Å². The Hall–Kier alpha value is -1.84. The second-order valence-corrected chi connectivity index (χ2v) is 3.05. The number of hydrogen-bond acceptors (Lipinski definition) is 3. The fourth-order valence-electron chi connectivity index (χ4n) is 1.40. The number of aromatic amines is 1. The van der Waals surface area contributed by atoms with E-state index in [1.165, 1.54) is 0 Å². The lowest BCUT2D eigenvalue weighted by molar-refractivity contribution is 0.415. The molecule has 0 aliphatic heterocycles. The molecule has 0 atom stereocenters. The third kappa shape index (κ3) is 1.25. The van der Waals surface area contributed by atoms with Crippen molar-refractivity contribution in [3.05, 3.63) is 34.2 Å². The first-order chi connectivity index (χ1) is 6.72. The lowest BCUT2D eigenvalue weighted by Crippen LogP contribution is -2.09. The van der Waals surface area contributed by atoms with E-state index in [1.54, 1.807) is 19.2 Å². The van der Waals surface area contributed by atoms with Crippen LogP contribution in [0.3, 0.4) is 0 Å². The molecular weight excluding hydrogens is 180 g/mol. The van der Waals surface area contributed by atoms with Gasteiger partial charge in [-0.1, -0.05) is 0 Å². The van der Waals surface area contributed by atoms with Crippen LogP contribution in [-0.4, -0.2) is 17.3 Å². The molecule has 0 unspecified atom stereocenters. The van der Waals surface area contributed by atoms with E-state index < -0.39 is 0 Å². The van der Waals surface area contributed by atoms with Gasteiger partial charge in [0, 0.05) is 5.39 Å². The number of fused-ring (bicyclic) bond motifs is 1. The molecule has 2 aromatic rings. The van der Waals surface area contributed by atoms with Gasteiger partial charge in [0.2, 0.25) is 0 Å². The predicted octanol–water partition coefficient (Wildman–Crippen LogP) is 1.24. The largest absolute Gasteiger partial charge is 0.497 e. The first kappa shape index (κ1) is 8.74. The lowest BCUT2D eigenvalue weighted by Gasteiger charge is -2.02. The van der Waals surface area contributed by atoms with E-state index in [2.05, 4.69) is 10.2 Å². The molecule has 1 aromatic carbocycles. The molecule has 0 fully saturated rings. The zero-order valence-electron chi connectivity index (χ0n) is 8.00. The maximum Gasteiger partial charge on any atom is 0.272 e. The highest BCUT2D eigenvalue weighted by Gasteiger charge is 2.03. The van der Waals surface area contributed by atoms with Crippen molar-refractivity contribution in [2.45, 2.75) is 6.92 Å². The highest BCUT2D eigenvalue weighted by molar-refractivity contribution is 5.84. The molecule has 0 radical (unpaired) electrons. The van der Waals surface area contributed by atoms with Gasteiger partial charge in [-0.15, -0.1) is 0 Å². The number of hydrogen-bond donors (Lipinski definition) is 1. The molecule has 0 saturated carbocycles. The number of nitrogens with one attached hydrogen (secondary N) is 1. The maximum atomic E-state index is 11.4.